The van der Waals surface area contributed by atoms with Crippen molar-refractivity contribution in [3.63, 3.8) is 0 Å². The van der Waals surface area contributed by atoms with E-state index >= 15 is 0 Å². The third kappa shape index (κ3) is 5.84. The van der Waals surface area contributed by atoms with Gasteiger partial charge in [0.15, 0.2) is 0 Å². The molecule has 148 valence electrons. The predicted octanol–water partition coefficient (Wildman–Crippen LogP) is 3.07. The highest BCUT2D eigenvalue weighted by molar-refractivity contribution is 8.00. The molecule has 2 N–H and O–H groups in total. The number of ether oxygens (including phenoxy) is 1. The first-order valence-corrected chi connectivity index (χ1v) is 10.3. The predicted molar refractivity (Wildman–Crippen MR) is 111 cm³/mol. The number of benzene rings is 2. The summed E-state index contributed by atoms with van der Waals surface area (Å²) in [6, 6.07) is 18.0. The zero-order valence-electron chi connectivity index (χ0n) is 16.1. The Morgan fingerprint density at radius 3 is 2.29 bits per heavy atom. The SMILES string of the molecule is Cc1ccc(CNC(=O)C(=O)NCC2(Sc3ccccc3)CCOCC2)cc1. The van der Waals surface area contributed by atoms with Gasteiger partial charge in [-0.1, -0.05) is 48.0 Å². The van der Waals surface area contributed by atoms with Gasteiger partial charge in [-0.3, -0.25) is 9.59 Å². The number of thioether (sulfide) groups is 1. The summed E-state index contributed by atoms with van der Waals surface area (Å²) in [7, 11) is 0. The zero-order valence-corrected chi connectivity index (χ0v) is 16.9. The van der Waals surface area contributed by atoms with Crippen LogP contribution in [0.5, 0.6) is 0 Å². The monoisotopic (exact) mass is 398 g/mol. The first-order chi connectivity index (χ1) is 13.6. The molecule has 1 heterocycles. The van der Waals surface area contributed by atoms with E-state index in [1.807, 2.05) is 49.4 Å². The molecular weight excluding hydrogens is 372 g/mol. The lowest BCUT2D eigenvalue weighted by Crippen LogP contribution is -2.48. The Labute approximate surface area is 170 Å². The van der Waals surface area contributed by atoms with Crippen molar-refractivity contribution in [2.24, 2.45) is 0 Å². The smallest absolute Gasteiger partial charge is 0.309 e. The molecule has 3 rings (SSSR count). The van der Waals surface area contributed by atoms with Crippen LogP contribution in [0.4, 0.5) is 0 Å². The molecule has 1 aliphatic rings. The lowest BCUT2D eigenvalue weighted by atomic mass is 9.99. The first kappa shape index (κ1) is 20.4. The van der Waals surface area contributed by atoms with E-state index in [9.17, 15) is 9.59 Å². The molecule has 2 amide bonds. The van der Waals surface area contributed by atoms with E-state index in [4.69, 9.17) is 4.74 Å². The normalized spacial score (nSPS) is 15.6. The topological polar surface area (TPSA) is 67.4 Å². The molecule has 28 heavy (non-hydrogen) atoms. The Bertz CT molecular complexity index is 787. The fourth-order valence-electron chi connectivity index (χ4n) is 3.09. The highest BCUT2D eigenvalue weighted by atomic mass is 32.2. The molecule has 1 aliphatic heterocycles. The summed E-state index contributed by atoms with van der Waals surface area (Å²) < 4.78 is 5.35. The minimum atomic E-state index is -0.604. The minimum absolute atomic E-state index is 0.160. The van der Waals surface area contributed by atoms with Crippen LogP contribution in [0.2, 0.25) is 0 Å². The lowest BCUT2D eigenvalue weighted by Gasteiger charge is -2.36. The van der Waals surface area contributed by atoms with Crippen molar-refractivity contribution in [3.05, 3.63) is 65.7 Å². The molecule has 0 radical (unpaired) electrons. The van der Waals surface area contributed by atoms with Crippen molar-refractivity contribution in [3.8, 4) is 0 Å². The van der Waals surface area contributed by atoms with Gasteiger partial charge in [-0.25, -0.2) is 0 Å². The second-order valence-electron chi connectivity index (χ2n) is 7.06. The maximum atomic E-state index is 12.3. The fourth-order valence-corrected chi connectivity index (χ4v) is 4.40. The van der Waals surface area contributed by atoms with Gasteiger partial charge in [-0.2, -0.15) is 0 Å². The Morgan fingerprint density at radius 1 is 0.964 bits per heavy atom. The van der Waals surface area contributed by atoms with Gasteiger partial charge < -0.3 is 15.4 Å². The van der Waals surface area contributed by atoms with E-state index < -0.39 is 11.8 Å². The van der Waals surface area contributed by atoms with Crippen molar-refractivity contribution >= 4 is 23.6 Å². The lowest BCUT2D eigenvalue weighted by molar-refractivity contribution is -0.139. The van der Waals surface area contributed by atoms with Crippen LogP contribution in [0, 0.1) is 6.92 Å². The number of nitrogens with one attached hydrogen (secondary N) is 2. The van der Waals surface area contributed by atoms with Gasteiger partial charge in [-0.05, 0) is 37.5 Å². The summed E-state index contributed by atoms with van der Waals surface area (Å²) in [4.78, 5) is 25.6. The summed E-state index contributed by atoms with van der Waals surface area (Å²) >= 11 is 1.75. The molecule has 6 heteroatoms. The van der Waals surface area contributed by atoms with Crippen LogP contribution in [-0.2, 0) is 20.9 Å². The molecule has 1 fully saturated rings. The highest BCUT2D eigenvalue weighted by Crippen LogP contribution is 2.40. The Morgan fingerprint density at radius 2 is 1.61 bits per heavy atom. The van der Waals surface area contributed by atoms with Crippen molar-refractivity contribution in [1.82, 2.24) is 10.6 Å². The van der Waals surface area contributed by atoms with Gasteiger partial charge in [0.25, 0.3) is 0 Å². The quantitative estimate of drug-likeness (QED) is 0.734. The number of amides is 2. The van der Waals surface area contributed by atoms with Crippen LogP contribution in [0.25, 0.3) is 0 Å². The van der Waals surface area contributed by atoms with Crippen molar-refractivity contribution < 1.29 is 14.3 Å². The highest BCUT2D eigenvalue weighted by Gasteiger charge is 2.34. The number of aryl methyl sites for hydroxylation is 1. The van der Waals surface area contributed by atoms with E-state index in [-0.39, 0.29) is 4.75 Å². The minimum Gasteiger partial charge on any atom is -0.381 e. The number of carbonyl (C=O) groups excluding carboxylic acids is 2. The molecule has 2 aromatic carbocycles. The molecule has 0 aromatic heterocycles. The second kappa shape index (κ2) is 9.75. The molecule has 0 spiro atoms. The summed E-state index contributed by atoms with van der Waals surface area (Å²) in [5.41, 5.74) is 2.12. The van der Waals surface area contributed by atoms with Crippen LogP contribution < -0.4 is 10.6 Å². The van der Waals surface area contributed by atoms with Crippen LogP contribution in [0.1, 0.15) is 24.0 Å². The Hall–Kier alpha value is -2.31. The molecule has 5 nitrogen and oxygen atoms in total. The standard InChI is InChI=1S/C22H26N2O3S/c1-17-7-9-18(10-8-17)15-23-20(25)21(26)24-16-22(11-13-27-14-12-22)28-19-5-3-2-4-6-19/h2-10H,11-16H2,1H3,(H,23,25)(H,24,26). The molecule has 0 bridgehead atoms. The number of hydrogen-bond donors (Lipinski definition) is 2. The van der Waals surface area contributed by atoms with Crippen molar-refractivity contribution in [1.29, 1.82) is 0 Å². The van der Waals surface area contributed by atoms with E-state index in [1.165, 1.54) is 0 Å². The Kier molecular flexibility index (Phi) is 7.12. The van der Waals surface area contributed by atoms with Crippen LogP contribution in [0.3, 0.4) is 0 Å². The number of rotatable bonds is 6. The largest absolute Gasteiger partial charge is 0.381 e. The van der Waals surface area contributed by atoms with Gasteiger partial charge in [0, 0.05) is 35.9 Å². The van der Waals surface area contributed by atoms with E-state index in [1.54, 1.807) is 11.8 Å². The molecule has 1 saturated heterocycles. The van der Waals surface area contributed by atoms with Crippen LogP contribution in [-0.4, -0.2) is 36.3 Å². The molecular formula is C22H26N2O3S. The van der Waals surface area contributed by atoms with E-state index in [2.05, 4.69) is 22.8 Å². The van der Waals surface area contributed by atoms with Gasteiger partial charge in [0.2, 0.25) is 0 Å². The summed E-state index contributed by atoms with van der Waals surface area (Å²) in [6.45, 7) is 4.11. The third-order valence-electron chi connectivity index (χ3n) is 4.83. The fraction of sp³-hybridized carbons (Fsp3) is 0.364. The maximum absolute atomic E-state index is 12.3. The number of hydrogen-bond acceptors (Lipinski definition) is 4. The van der Waals surface area contributed by atoms with Crippen molar-refractivity contribution in [2.75, 3.05) is 19.8 Å². The first-order valence-electron chi connectivity index (χ1n) is 9.50. The average molecular weight is 399 g/mol. The van der Waals surface area contributed by atoms with E-state index in [0.717, 1.165) is 28.9 Å². The van der Waals surface area contributed by atoms with Gasteiger partial charge in [0.05, 0.1) is 0 Å². The molecule has 0 unspecified atom stereocenters. The second-order valence-corrected chi connectivity index (χ2v) is 8.60. The summed E-state index contributed by atoms with van der Waals surface area (Å²) in [5.74, 6) is -1.20. The average Bonchev–Trinajstić information content (AvgIpc) is 2.73. The molecule has 0 aliphatic carbocycles. The third-order valence-corrected chi connectivity index (χ3v) is 6.33. The molecule has 0 saturated carbocycles. The summed E-state index contributed by atoms with van der Waals surface area (Å²) in [5, 5.41) is 5.52. The van der Waals surface area contributed by atoms with Crippen LogP contribution in [0.15, 0.2) is 59.5 Å². The molecule has 0 atom stereocenters. The zero-order chi connectivity index (χ0) is 19.8. The maximum Gasteiger partial charge on any atom is 0.309 e. The van der Waals surface area contributed by atoms with E-state index in [0.29, 0.717) is 26.3 Å². The van der Waals surface area contributed by atoms with Gasteiger partial charge in [-0.15, -0.1) is 11.8 Å². The Balaban J connectivity index is 1.53. The van der Waals surface area contributed by atoms with Gasteiger partial charge >= 0.3 is 11.8 Å². The molecule has 2 aromatic rings. The van der Waals surface area contributed by atoms with Gasteiger partial charge in [0.1, 0.15) is 0 Å². The van der Waals surface area contributed by atoms with Crippen LogP contribution >= 0.6 is 11.8 Å². The number of carbonyl (C=O) groups is 2. The summed E-state index contributed by atoms with van der Waals surface area (Å²) in [6.07, 6.45) is 1.66. The van der Waals surface area contributed by atoms with Crippen molar-refractivity contribution in [2.45, 2.75) is 36.0 Å².